The molecule has 0 spiro atoms. The molecule has 0 atom stereocenters. The van der Waals surface area contributed by atoms with E-state index in [9.17, 15) is 8.42 Å². The molecule has 0 N–H and O–H groups in total. The second-order valence-electron chi connectivity index (χ2n) is 4.12. The van der Waals surface area contributed by atoms with Crippen LogP contribution in [0.25, 0.3) is 11.1 Å². The lowest BCUT2D eigenvalue weighted by Gasteiger charge is -2.07. The Morgan fingerprint density at radius 2 is 1.53 bits per heavy atom. The van der Waals surface area contributed by atoms with Crippen molar-refractivity contribution < 1.29 is 8.42 Å². The normalized spacial score (nSPS) is 11.4. The van der Waals surface area contributed by atoms with Crippen molar-refractivity contribution in [3.63, 3.8) is 0 Å². The van der Waals surface area contributed by atoms with Gasteiger partial charge in [0.25, 0.3) is 0 Å². The molecular formula is C14H14O2S. The summed E-state index contributed by atoms with van der Waals surface area (Å²) in [7, 11) is -3.13. The van der Waals surface area contributed by atoms with Crippen molar-refractivity contribution in [2.75, 3.05) is 6.26 Å². The van der Waals surface area contributed by atoms with Crippen LogP contribution in [-0.4, -0.2) is 14.7 Å². The first kappa shape index (κ1) is 11.9. The predicted octanol–water partition coefficient (Wildman–Crippen LogP) is 3.07. The fraction of sp³-hybridized carbons (Fsp3) is 0.143. The first-order valence-electron chi connectivity index (χ1n) is 5.34. The minimum Gasteiger partial charge on any atom is -0.224 e. The summed E-state index contributed by atoms with van der Waals surface area (Å²) in [6.07, 6.45) is 1.23. The molecule has 0 aromatic heterocycles. The Morgan fingerprint density at radius 3 is 2.06 bits per heavy atom. The average molecular weight is 246 g/mol. The molecular weight excluding hydrogens is 232 g/mol. The van der Waals surface area contributed by atoms with E-state index in [1.165, 1.54) is 6.26 Å². The summed E-state index contributed by atoms with van der Waals surface area (Å²) in [4.78, 5) is 0.400. The Hall–Kier alpha value is -1.61. The maximum atomic E-state index is 11.5. The molecule has 0 saturated heterocycles. The summed E-state index contributed by atoms with van der Waals surface area (Å²) >= 11 is 0. The van der Waals surface area contributed by atoms with Gasteiger partial charge in [-0.1, -0.05) is 42.5 Å². The summed E-state index contributed by atoms with van der Waals surface area (Å²) in [5.41, 5.74) is 2.92. The molecule has 0 heterocycles. The minimum atomic E-state index is -3.13. The van der Waals surface area contributed by atoms with Gasteiger partial charge in [-0.15, -0.1) is 0 Å². The number of sulfone groups is 1. The van der Waals surface area contributed by atoms with E-state index in [1.54, 1.807) is 6.07 Å². The van der Waals surface area contributed by atoms with Gasteiger partial charge in [0, 0.05) is 6.26 Å². The van der Waals surface area contributed by atoms with Gasteiger partial charge in [0.15, 0.2) is 9.84 Å². The third kappa shape index (κ3) is 2.56. The number of benzene rings is 2. The lowest BCUT2D eigenvalue weighted by Crippen LogP contribution is -1.99. The largest absolute Gasteiger partial charge is 0.224 e. The quantitative estimate of drug-likeness (QED) is 0.816. The van der Waals surface area contributed by atoms with Gasteiger partial charge in [0.2, 0.25) is 0 Å². The first-order chi connectivity index (χ1) is 7.98. The molecule has 0 aliphatic rings. The van der Waals surface area contributed by atoms with E-state index >= 15 is 0 Å². The Bertz CT molecular complexity index is 629. The van der Waals surface area contributed by atoms with Crippen LogP contribution in [0.2, 0.25) is 0 Å². The second-order valence-corrected chi connectivity index (χ2v) is 6.10. The van der Waals surface area contributed by atoms with Gasteiger partial charge in [-0.3, -0.25) is 0 Å². The number of hydrogen-bond donors (Lipinski definition) is 0. The van der Waals surface area contributed by atoms with Gasteiger partial charge in [0.1, 0.15) is 0 Å². The van der Waals surface area contributed by atoms with Gasteiger partial charge < -0.3 is 0 Å². The van der Waals surface area contributed by atoms with Crippen LogP contribution in [0.1, 0.15) is 5.56 Å². The number of aryl methyl sites for hydroxylation is 1. The van der Waals surface area contributed by atoms with Gasteiger partial charge in [0.05, 0.1) is 4.90 Å². The van der Waals surface area contributed by atoms with E-state index in [1.807, 2.05) is 49.4 Å². The zero-order chi connectivity index (χ0) is 12.5. The van der Waals surface area contributed by atoms with E-state index in [4.69, 9.17) is 0 Å². The van der Waals surface area contributed by atoms with E-state index in [2.05, 4.69) is 0 Å². The molecule has 0 aliphatic heterocycles. The maximum absolute atomic E-state index is 11.5. The fourth-order valence-electron chi connectivity index (χ4n) is 1.88. The summed E-state index contributed by atoms with van der Waals surface area (Å²) < 4.78 is 23.0. The summed E-state index contributed by atoms with van der Waals surface area (Å²) in [6, 6.07) is 15.3. The Labute approximate surface area is 102 Å². The molecule has 2 aromatic rings. The van der Waals surface area contributed by atoms with Crippen molar-refractivity contribution in [3.8, 4) is 11.1 Å². The zero-order valence-electron chi connectivity index (χ0n) is 9.84. The van der Waals surface area contributed by atoms with E-state index in [-0.39, 0.29) is 0 Å². The zero-order valence-corrected chi connectivity index (χ0v) is 10.7. The van der Waals surface area contributed by atoms with E-state index in [0.717, 1.165) is 16.7 Å². The lowest BCUT2D eigenvalue weighted by molar-refractivity contribution is 0.601. The van der Waals surface area contributed by atoms with Crippen molar-refractivity contribution in [2.45, 2.75) is 11.8 Å². The molecule has 88 valence electrons. The summed E-state index contributed by atoms with van der Waals surface area (Å²) in [6.45, 7) is 1.82. The first-order valence-corrected chi connectivity index (χ1v) is 7.24. The van der Waals surface area contributed by atoms with Crippen LogP contribution in [0.5, 0.6) is 0 Å². The molecule has 0 amide bonds. The monoisotopic (exact) mass is 246 g/mol. The Kier molecular flexibility index (Phi) is 3.03. The third-order valence-electron chi connectivity index (χ3n) is 2.68. The van der Waals surface area contributed by atoms with Crippen LogP contribution in [0.3, 0.4) is 0 Å². The van der Waals surface area contributed by atoms with Crippen LogP contribution >= 0.6 is 0 Å². The molecule has 3 heteroatoms. The van der Waals surface area contributed by atoms with E-state index in [0.29, 0.717) is 4.90 Å². The SMILES string of the molecule is Cc1cc(-c2ccccc2)ccc1S(C)(=O)=O. The highest BCUT2D eigenvalue weighted by molar-refractivity contribution is 7.90. The molecule has 0 bridgehead atoms. The average Bonchev–Trinajstić information content (AvgIpc) is 2.28. The third-order valence-corrected chi connectivity index (χ3v) is 3.94. The second kappa shape index (κ2) is 4.34. The smallest absolute Gasteiger partial charge is 0.175 e. The van der Waals surface area contributed by atoms with Gasteiger partial charge in [-0.05, 0) is 29.7 Å². The molecule has 0 unspecified atom stereocenters. The highest BCUT2D eigenvalue weighted by Crippen LogP contribution is 2.24. The van der Waals surface area contributed by atoms with Crippen LogP contribution in [0, 0.1) is 6.92 Å². The van der Waals surface area contributed by atoms with Gasteiger partial charge >= 0.3 is 0 Å². The van der Waals surface area contributed by atoms with Crippen LogP contribution < -0.4 is 0 Å². The molecule has 0 saturated carbocycles. The van der Waals surface area contributed by atoms with Crippen molar-refractivity contribution in [1.82, 2.24) is 0 Å². The van der Waals surface area contributed by atoms with Crippen molar-refractivity contribution in [3.05, 3.63) is 54.1 Å². The standard InChI is InChI=1S/C14H14O2S/c1-11-10-13(12-6-4-3-5-7-12)8-9-14(11)17(2,15)16/h3-10H,1-2H3. The van der Waals surface area contributed by atoms with Gasteiger partial charge in [-0.25, -0.2) is 8.42 Å². The Morgan fingerprint density at radius 1 is 0.882 bits per heavy atom. The maximum Gasteiger partial charge on any atom is 0.175 e. The van der Waals surface area contributed by atoms with Crippen molar-refractivity contribution >= 4 is 9.84 Å². The predicted molar refractivity (Wildman–Crippen MR) is 69.7 cm³/mol. The van der Waals surface area contributed by atoms with Crippen molar-refractivity contribution in [2.24, 2.45) is 0 Å². The van der Waals surface area contributed by atoms with Gasteiger partial charge in [-0.2, -0.15) is 0 Å². The van der Waals surface area contributed by atoms with Crippen LogP contribution in [-0.2, 0) is 9.84 Å². The highest BCUT2D eigenvalue weighted by atomic mass is 32.2. The molecule has 17 heavy (non-hydrogen) atoms. The molecule has 2 rings (SSSR count). The molecule has 2 nitrogen and oxygen atoms in total. The number of hydrogen-bond acceptors (Lipinski definition) is 2. The lowest BCUT2D eigenvalue weighted by atomic mass is 10.0. The molecule has 0 radical (unpaired) electrons. The Balaban J connectivity index is 2.53. The van der Waals surface area contributed by atoms with Crippen LogP contribution in [0.15, 0.2) is 53.4 Å². The van der Waals surface area contributed by atoms with Crippen molar-refractivity contribution in [1.29, 1.82) is 0 Å². The molecule has 0 fully saturated rings. The minimum absolute atomic E-state index is 0.400. The topological polar surface area (TPSA) is 34.1 Å². The summed E-state index contributed by atoms with van der Waals surface area (Å²) in [5, 5.41) is 0. The highest BCUT2D eigenvalue weighted by Gasteiger charge is 2.11. The van der Waals surface area contributed by atoms with E-state index < -0.39 is 9.84 Å². The van der Waals surface area contributed by atoms with Crippen LogP contribution in [0.4, 0.5) is 0 Å². The molecule has 2 aromatic carbocycles. The summed E-state index contributed by atoms with van der Waals surface area (Å²) in [5.74, 6) is 0. The number of rotatable bonds is 2. The fourth-order valence-corrected chi connectivity index (χ4v) is 2.83. The molecule has 0 aliphatic carbocycles.